The van der Waals surface area contributed by atoms with Crippen molar-refractivity contribution in [3.05, 3.63) is 30.3 Å². The van der Waals surface area contributed by atoms with Crippen molar-refractivity contribution in [1.29, 1.82) is 0 Å². The van der Waals surface area contributed by atoms with E-state index in [1.807, 2.05) is 26.8 Å². The van der Waals surface area contributed by atoms with Gasteiger partial charge in [-0.1, -0.05) is 0 Å². The molecule has 0 heterocycles. The van der Waals surface area contributed by atoms with Crippen LogP contribution in [0.1, 0.15) is 34.1 Å². The van der Waals surface area contributed by atoms with E-state index in [0.717, 1.165) is 0 Å². The molecule has 2 rings (SSSR count). The van der Waals surface area contributed by atoms with Gasteiger partial charge in [0.25, 0.3) is 0 Å². The minimum atomic E-state index is -1.54. The van der Waals surface area contributed by atoms with Crippen molar-refractivity contribution in [3.63, 3.8) is 0 Å². The van der Waals surface area contributed by atoms with Gasteiger partial charge in [-0.2, -0.15) is 0 Å². The van der Waals surface area contributed by atoms with E-state index in [2.05, 4.69) is 43.9 Å². The average molecular weight is 426 g/mol. The molecule has 0 aromatic heterocycles. The summed E-state index contributed by atoms with van der Waals surface area (Å²) in [7, 11) is -1.54. The van der Waals surface area contributed by atoms with Crippen molar-refractivity contribution in [2.45, 2.75) is 63.8 Å². The second kappa shape index (κ2) is 7.01. The third kappa shape index (κ3) is 4.63. The van der Waals surface area contributed by atoms with E-state index in [0.29, 0.717) is 10.9 Å². The zero-order valence-electron chi connectivity index (χ0n) is 16.4. The molecule has 0 aliphatic heterocycles. The fraction of sp³-hybridized carbons (Fsp3) is 0.600. The van der Waals surface area contributed by atoms with Crippen molar-refractivity contribution in [1.82, 2.24) is 0 Å². The van der Waals surface area contributed by atoms with Gasteiger partial charge in [0.05, 0.1) is 0 Å². The van der Waals surface area contributed by atoms with E-state index >= 15 is 0 Å². The molecule has 0 amide bonds. The Morgan fingerprint density at radius 3 is 2.20 bits per heavy atom. The van der Waals surface area contributed by atoms with E-state index in [4.69, 9.17) is 4.74 Å². The molecule has 138 valence electrons. The van der Waals surface area contributed by atoms with Gasteiger partial charge < -0.3 is 0 Å². The summed E-state index contributed by atoms with van der Waals surface area (Å²) in [6.45, 7) is 14.2. The summed E-state index contributed by atoms with van der Waals surface area (Å²) in [5.74, 6) is -0.213. The van der Waals surface area contributed by atoms with Crippen LogP contribution in [0.3, 0.4) is 0 Å². The molecule has 0 spiro atoms. The number of rotatable bonds is 6. The number of Topliss-reactive ketones (excluding diaryl/α,β-unsaturated/α-hetero) is 1. The van der Waals surface area contributed by atoms with Crippen LogP contribution in [0.4, 0.5) is 0 Å². The van der Waals surface area contributed by atoms with Gasteiger partial charge in [0.1, 0.15) is 0 Å². The van der Waals surface area contributed by atoms with E-state index in [-0.39, 0.29) is 32.6 Å². The molecule has 1 saturated carbocycles. The molecule has 1 aromatic rings. The van der Waals surface area contributed by atoms with Crippen LogP contribution in [-0.2, 0) is 14.3 Å². The Labute approximate surface area is 159 Å². The predicted octanol–water partition coefficient (Wildman–Crippen LogP) is 3.62. The van der Waals surface area contributed by atoms with Crippen molar-refractivity contribution < 1.29 is 14.3 Å². The van der Waals surface area contributed by atoms with Crippen LogP contribution in [0.15, 0.2) is 30.3 Å². The topological polar surface area (TPSA) is 43.4 Å². The fourth-order valence-corrected chi connectivity index (χ4v) is 10.5. The summed E-state index contributed by atoms with van der Waals surface area (Å²) in [6, 6.07) is 10.5. The van der Waals surface area contributed by atoms with Gasteiger partial charge in [0.2, 0.25) is 0 Å². The maximum absolute atomic E-state index is 12.9. The summed E-state index contributed by atoms with van der Waals surface area (Å²) in [5, 5.41) is 0. The molecular formula is C20H30O3SeSi. The molecule has 5 heteroatoms. The number of ether oxygens (including phenoxy) is 1. The summed E-state index contributed by atoms with van der Waals surface area (Å²) in [5.41, 5.74) is -1.47. The fourth-order valence-electron chi connectivity index (χ4n) is 3.31. The van der Waals surface area contributed by atoms with Crippen molar-refractivity contribution in [2.24, 2.45) is 11.3 Å². The number of ketones is 1. The molecule has 0 radical (unpaired) electrons. The van der Waals surface area contributed by atoms with Gasteiger partial charge >= 0.3 is 159 Å². The Morgan fingerprint density at radius 1 is 1.20 bits per heavy atom. The zero-order chi connectivity index (χ0) is 19.0. The molecule has 0 saturated heterocycles. The molecular weight excluding hydrogens is 395 g/mol. The molecule has 0 bridgehead atoms. The summed E-state index contributed by atoms with van der Waals surface area (Å²) in [4.78, 5) is 25.3. The van der Waals surface area contributed by atoms with E-state index < -0.39 is 19.1 Å². The molecule has 3 atom stereocenters. The standard InChI is InChI=1S/C20H30O3SeSi/c1-14(21)20(18(22)23-19(2,3)4)13-16(20)17(25(5,6)7)24-15-11-9-8-10-12-15/h8-12,16-17H,13H2,1-7H3/t16-,17+,20?/m0/s1. The van der Waals surface area contributed by atoms with Crippen LogP contribution in [0.2, 0.25) is 24.1 Å². The average Bonchev–Trinajstić information content (AvgIpc) is 3.19. The number of hydrogen-bond donors (Lipinski definition) is 0. The van der Waals surface area contributed by atoms with Crippen molar-refractivity contribution in [3.8, 4) is 0 Å². The molecule has 1 aliphatic carbocycles. The van der Waals surface area contributed by atoms with Crippen LogP contribution in [-0.4, -0.2) is 40.4 Å². The number of esters is 1. The van der Waals surface area contributed by atoms with Crippen LogP contribution >= 0.6 is 0 Å². The predicted molar refractivity (Wildman–Crippen MR) is 106 cm³/mol. The first-order chi connectivity index (χ1) is 11.4. The SMILES string of the molecule is CC(=O)C1(C(=O)OC(C)(C)C)C[C@H]1[C@H]([Se]c1ccccc1)[Si](C)(C)C. The first-order valence-corrected chi connectivity index (χ1v) is 14.3. The van der Waals surface area contributed by atoms with Crippen LogP contribution in [0.5, 0.6) is 0 Å². The van der Waals surface area contributed by atoms with Gasteiger partial charge in [0, 0.05) is 0 Å². The number of benzene rings is 1. The van der Waals surface area contributed by atoms with Gasteiger partial charge in [-0.25, -0.2) is 0 Å². The Balaban J connectivity index is 2.29. The zero-order valence-corrected chi connectivity index (χ0v) is 19.1. The van der Waals surface area contributed by atoms with E-state index in [1.165, 1.54) is 4.46 Å². The molecule has 1 unspecified atom stereocenters. The van der Waals surface area contributed by atoms with Crippen molar-refractivity contribution >= 4 is 39.2 Å². The van der Waals surface area contributed by atoms with E-state index in [9.17, 15) is 9.59 Å². The summed E-state index contributed by atoms with van der Waals surface area (Å²) >= 11 is 0.260. The van der Waals surface area contributed by atoms with Gasteiger partial charge in [0.15, 0.2) is 0 Å². The maximum atomic E-state index is 12.9. The number of carbonyl (C=O) groups excluding carboxylic acids is 2. The first kappa shape index (κ1) is 20.4. The second-order valence-electron chi connectivity index (χ2n) is 9.06. The van der Waals surface area contributed by atoms with E-state index in [1.54, 1.807) is 6.92 Å². The Hall–Kier alpha value is -0.904. The molecule has 0 N–H and O–H groups in total. The number of carbonyl (C=O) groups is 2. The van der Waals surface area contributed by atoms with Gasteiger partial charge in [-0.05, 0) is 0 Å². The minimum absolute atomic E-state index is 0.0288. The molecule has 1 aromatic carbocycles. The third-order valence-electron chi connectivity index (χ3n) is 4.63. The Bertz CT molecular complexity index is 645. The quantitative estimate of drug-likeness (QED) is 0.397. The third-order valence-corrected chi connectivity index (χ3v) is 14.2. The van der Waals surface area contributed by atoms with Crippen LogP contribution < -0.4 is 4.46 Å². The van der Waals surface area contributed by atoms with Crippen LogP contribution in [0.25, 0.3) is 0 Å². The molecule has 1 fully saturated rings. The van der Waals surface area contributed by atoms with Gasteiger partial charge in [-0.3, -0.25) is 0 Å². The first-order valence-electron chi connectivity index (χ1n) is 8.84. The Kier molecular flexibility index (Phi) is 5.73. The molecule has 1 aliphatic rings. The molecule has 25 heavy (non-hydrogen) atoms. The monoisotopic (exact) mass is 426 g/mol. The Morgan fingerprint density at radius 2 is 1.76 bits per heavy atom. The van der Waals surface area contributed by atoms with Crippen molar-refractivity contribution in [2.75, 3.05) is 0 Å². The van der Waals surface area contributed by atoms with Crippen LogP contribution in [0, 0.1) is 11.3 Å². The summed E-state index contributed by atoms with van der Waals surface area (Å²) in [6.07, 6.45) is 0.654. The van der Waals surface area contributed by atoms with Gasteiger partial charge in [-0.15, -0.1) is 0 Å². The summed E-state index contributed by atoms with van der Waals surface area (Å²) < 4.78 is 7.42. The number of hydrogen-bond acceptors (Lipinski definition) is 3. The molecule has 3 nitrogen and oxygen atoms in total. The normalized spacial score (nSPS) is 24.5. The second-order valence-corrected chi connectivity index (χ2v) is 17.9.